The maximum absolute atomic E-state index is 12.6. The summed E-state index contributed by atoms with van der Waals surface area (Å²) in [4.78, 5) is 20.2. The lowest BCUT2D eigenvalue weighted by atomic mass is 10.2. The van der Waals surface area contributed by atoms with E-state index in [0.29, 0.717) is 17.2 Å². The van der Waals surface area contributed by atoms with Gasteiger partial charge in [-0.15, -0.1) is 11.3 Å². The predicted octanol–water partition coefficient (Wildman–Crippen LogP) is 2.70. The molecule has 1 aromatic carbocycles. The molecule has 0 bridgehead atoms. The van der Waals surface area contributed by atoms with E-state index in [1.807, 2.05) is 0 Å². The van der Waals surface area contributed by atoms with Crippen molar-refractivity contribution in [3.63, 3.8) is 0 Å². The summed E-state index contributed by atoms with van der Waals surface area (Å²) in [6.07, 6.45) is 1.16. The number of benzene rings is 1. The van der Waals surface area contributed by atoms with Crippen LogP contribution in [0.4, 0.5) is 11.5 Å². The van der Waals surface area contributed by atoms with Crippen LogP contribution < -0.4 is 20.5 Å². The van der Waals surface area contributed by atoms with Crippen LogP contribution in [0.5, 0.6) is 11.5 Å². The van der Waals surface area contributed by atoms with E-state index >= 15 is 0 Å². The number of nitrogens with zero attached hydrogens (tertiary/aromatic N) is 2. The molecule has 3 aromatic rings. The third-order valence-corrected chi connectivity index (χ3v) is 7.85. The zero-order valence-electron chi connectivity index (χ0n) is 16.0. The van der Waals surface area contributed by atoms with Crippen molar-refractivity contribution in [2.45, 2.75) is 14.3 Å². The van der Waals surface area contributed by atoms with Crippen molar-refractivity contribution < 1.29 is 22.7 Å². The Morgan fingerprint density at radius 2 is 2.07 bits per heavy atom. The second-order valence-corrected chi connectivity index (χ2v) is 9.78. The van der Waals surface area contributed by atoms with Crippen LogP contribution in [-0.4, -0.2) is 44.3 Å². The number of nitrogens with one attached hydrogen (secondary N) is 1. The number of thiophene rings is 1. The number of ether oxygens (including phenoxy) is 2. The van der Waals surface area contributed by atoms with E-state index in [0.717, 1.165) is 29.3 Å². The Labute approximate surface area is 181 Å². The van der Waals surface area contributed by atoms with Gasteiger partial charge in [0.05, 0.1) is 31.9 Å². The molecule has 0 saturated carbocycles. The van der Waals surface area contributed by atoms with E-state index in [1.165, 1.54) is 20.3 Å². The number of methoxy groups -OCH3 is 2. The van der Waals surface area contributed by atoms with Crippen LogP contribution in [0.3, 0.4) is 0 Å². The van der Waals surface area contributed by atoms with Gasteiger partial charge in [0.25, 0.3) is 0 Å². The van der Waals surface area contributed by atoms with Gasteiger partial charge >= 0.3 is 0 Å². The third-order valence-electron chi connectivity index (χ3n) is 3.82. The highest BCUT2D eigenvalue weighted by Gasteiger charge is 2.23. The molecule has 0 fully saturated rings. The molecule has 0 radical (unpaired) electrons. The zero-order valence-corrected chi connectivity index (χ0v) is 18.4. The Morgan fingerprint density at radius 1 is 1.27 bits per heavy atom. The average molecular weight is 467 g/mol. The highest BCUT2D eigenvalue weighted by atomic mass is 32.2. The summed E-state index contributed by atoms with van der Waals surface area (Å²) < 4.78 is 35.7. The first kappa shape index (κ1) is 21.9. The summed E-state index contributed by atoms with van der Waals surface area (Å²) >= 11 is 2.11. The number of carbonyl (C=O) groups is 1. The highest BCUT2D eigenvalue weighted by Crippen LogP contribution is 2.30. The molecule has 158 valence electrons. The van der Waals surface area contributed by atoms with Crippen LogP contribution in [0.2, 0.25) is 0 Å². The van der Waals surface area contributed by atoms with Gasteiger partial charge in [0.1, 0.15) is 26.4 Å². The number of carbonyl (C=O) groups excluding carboxylic acids is 1. The van der Waals surface area contributed by atoms with Crippen molar-refractivity contribution in [3.8, 4) is 11.5 Å². The number of thioether (sulfide) groups is 1. The second kappa shape index (κ2) is 9.32. The Balaban J connectivity index is 1.68. The standard InChI is InChI=1S/C18H18N4O5S3/c1-26-11-5-6-13(27-2)12(8-11)21-15(23)10-29-18-20-9-14(17(19)22-18)30(24,25)16-4-3-7-28-16/h3-9H,10H2,1-2H3,(H,21,23)(H2,19,20,22). The number of hydrogen-bond donors (Lipinski definition) is 2. The van der Waals surface area contributed by atoms with E-state index in [2.05, 4.69) is 15.3 Å². The molecule has 0 saturated heterocycles. The van der Waals surface area contributed by atoms with Crippen LogP contribution in [0, 0.1) is 0 Å². The molecule has 0 aliphatic heterocycles. The van der Waals surface area contributed by atoms with Gasteiger partial charge in [0, 0.05) is 6.07 Å². The van der Waals surface area contributed by atoms with Crippen LogP contribution in [-0.2, 0) is 14.6 Å². The van der Waals surface area contributed by atoms with E-state index in [4.69, 9.17) is 15.2 Å². The molecular formula is C18H18N4O5S3. The van der Waals surface area contributed by atoms with Crippen LogP contribution in [0.15, 0.2) is 56.2 Å². The van der Waals surface area contributed by atoms with Gasteiger partial charge < -0.3 is 20.5 Å². The first-order valence-electron chi connectivity index (χ1n) is 8.41. The molecule has 1 amide bonds. The lowest BCUT2D eigenvalue weighted by Gasteiger charge is -2.11. The average Bonchev–Trinajstić information content (AvgIpc) is 3.28. The summed E-state index contributed by atoms with van der Waals surface area (Å²) in [6, 6.07) is 8.15. The topological polar surface area (TPSA) is 134 Å². The largest absolute Gasteiger partial charge is 0.497 e. The molecule has 0 unspecified atom stereocenters. The number of amides is 1. The molecule has 2 heterocycles. The van der Waals surface area contributed by atoms with Crippen molar-refractivity contribution in [1.82, 2.24) is 9.97 Å². The number of anilines is 2. The molecule has 30 heavy (non-hydrogen) atoms. The van der Waals surface area contributed by atoms with Gasteiger partial charge in [-0.1, -0.05) is 17.8 Å². The first-order chi connectivity index (χ1) is 14.3. The van der Waals surface area contributed by atoms with Crippen molar-refractivity contribution in [3.05, 3.63) is 41.9 Å². The van der Waals surface area contributed by atoms with E-state index in [-0.39, 0.29) is 31.7 Å². The second-order valence-electron chi connectivity index (χ2n) is 5.74. The molecular weight excluding hydrogens is 448 g/mol. The molecule has 0 aliphatic rings. The molecule has 12 heteroatoms. The van der Waals surface area contributed by atoms with Crippen molar-refractivity contribution in [1.29, 1.82) is 0 Å². The zero-order chi connectivity index (χ0) is 21.7. The number of sulfone groups is 1. The summed E-state index contributed by atoms with van der Waals surface area (Å²) in [7, 11) is -0.759. The lowest BCUT2D eigenvalue weighted by molar-refractivity contribution is -0.113. The van der Waals surface area contributed by atoms with Gasteiger partial charge in [-0.2, -0.15) is 0 Å². The lowest BCUT2D eigenvalue weighted by Crippen LogP contribution is -2.15. The Bertz CT molecular complexity index is 1150. The van der Waals surface area contributed by atoms with Gasteiger partial charge in [0.15, 0.2) is 5.16 Å². The number of aromatic nitrogens is 2. The van der Waals surface area contributed by atoms with E-state index < -0.39 is 9.84 Å². The van der Waals surface area contributed by atoms with Crippen LogP contribution in [0.25, 0.3) is 0 Å². The summed E-state index contributed by atoms with van der Waals surface area (Å²) in [5.41, 5.74) is 6.30. The Hall–Kier alpha value is -2.83. The third kappa shape index (κ3) is 4.83. The van der Waals surface area contributed by atoms with Crippen LogP contribution >= 0.6 is 23.1 Å². The molecule has 3 rings (SSSR count). The van der Waals surface area contributed by atoms with Gasteiger partial charge in [-0.05, 0) is 23.6 Å². The minimum absolute atomic E-state index is 0.0170. The summed E-state index contributed by atoms with van der Waals surface area (Å²) in [5.74, 6) is 0.534. The predicted molar refractivity (Wildman–Crippen MR) is 115 cm³/mol. The minimum atomic E-state index is -3.78. The maximum Gasteiger partial charge on any atom is 0.234 e. The molecule has 9 nitrogen and oxygen atoms in total. The van der Waals surface area contributed by atoms with E-state index in [9.17, 15) is 13.2 Å². The minimum Gasteiger partial charge on any atom is -0.497 e. The number of rotatable bonds is 8. The molecule has 0 aliphatic carbocycles. The van der Waals surface area contributed by atoms with Crippen molar-refractivity contribution in [2.75, 3.05) is 31.0 Å². The molecule has 2 aromatic heterocycles. The first-order valence-corrected chi connectivity index (χ1v) is 11.8. The van der Waals surface area contributed by atoms with Gasteiger partial charge in [-0.3, -0.25) is 4.79 Å². The number of hydrogen-bond acceptors (Lipinski definition) is 10. The van der Waals surface area contributed by atoms with Crippen molar-refractivity contribution in [2.24, 2.45) is 0 Å². The summed E-state index contributed by atoms with van der Waals surface area (Å²) in [6.45, 7) is 0. The van der Waals surface area contributed by atoms with Crippen LogP contribution in [0.1, 0.15) is 0 Å². The van der Waals surface area contributed by atoms with Crippen molar-refractivity contribution >= 4 is 50.3 Å². The smallest absolute Gasteiger partial charge is 0.234 e. The summed E-state index contributed by atoms with van der Waals surface area (Å²) in [5, 5.41) is 4.57. The fourth-order valence-corrected chi connectivity index (χ4v) is 5.40. The monoisotopic (exact) mass is 466 g/mol. The SMILES string of the molecule is COc1ccc(OC)c(NC(=O)CSc2ncc(S(=O)(=O)c3cccs3)c(N)n2)c1. The fraction of sp³-hybridized carbons (Fsp3) is 0.167. The number of nitrogen functional groups attached to an aromatic ring is 1. The fourth-order valence-electron chi connectivity index (χ4n) is 2.40. The van der Waals surface area contributed by atoms with E-state index in [1.54, 1.807) is 29.6 Å². The molecule has 0 spiro atoms. The van der Waals surface area contributed by atoms with Gasteiger partial charge in [-0.25, -0.2) is 18.4 Å². The number of nitrogens with two attached hydrogens (primary N) is 1. The molecule has 3 N–H and O–H groups in total. The Kier molecular flexibility index (Phi) is 6.80. The molecule has 0 atom stereocenters. The maximum atomic E-state index is 12.6. The quantitative estimate of drug-likeness (QED) is 0.379. The normalized spacial score (nSPS) is 11.1. The Morgan fingerprint density at radius 3 is 2.70 bits per heavy atom. The van der Waals surface area contributed by atoms with Gasteiger partial charge in [0.2, 0.25) is 15.7 Å². The highest BCUT2D eigenvalue weighted by molar-refractivity contribution is 7.99.